The number of hydrogen-bond acceptors (Lipinski definition) is 4. The molecule has 0 aliphatic carbocycles. The standard InChI is InChI=1S/C10H12N2O3/c1-6(8(3)13)10-7(2)11-5-4-9(10)12(14)15/h4-6H,1-3H3. The van der Waals surface area contributed by atoms with Crippen molar-refractivity contribution in [1.29, 1.82) is 0 Å². The molecule has 1 aromatic rings. The predicted octanol–water partition coefficient (Wildman–Crippen LogP) is 1.99. The summed E-state index contributed by atoms with van der Waals surface area (Å²) in [6, 6.07) is 1.32. The van der Waals surface area contributed by atoms with Crippen molar-refractivity contribution in [3.8, 4) is 0 Å². The largest absolute Gasteiger partial charge is 0.299 e. The van der Waals surface area contributed by atoms with Crippen molar-refractivity contribution in [1.82, 2.24) is 4.98 Å². The minimum absolute atomic E-state index is 0.0369. The van der Waals surface area contributed by atoms with Crippen molar-refractivity contribution in [2.75, 3.05) is 0 Å². The van der Waals surface area contributed by atoms with E-state index in [9.17, 15) is 14.9 Å². The van der Waals surface area contributed by atoms with Gasteiger partial charge in [0, 0.05) is 23.9 Å². The Morgan fingerprint density at radius 3 is 2.67 bits per heavy atom. The highest BCUT2D eigenvalue weighted by molar-refractivity contribution is 5.84. The number of pyridine rings is 1. The van der Waals surface area contributed by atoms with Crippen molar-refractivity contribution in [3.05, 3.63) is 33.6 Å². The Kier molecular flexibility index (Phi) is 3.14. The summed E-state index contributed by atoms with van der Waals surface area (Å²) in [5.74, 6) is -0.590. The van der Waals surface area contributed by atoms with E-state index < -0.39 is 10.8 Å². The lowest BCUT2D eigenvalue weighted by Gasteiger charge is -2.10. The zero-order chi connectivity index (χ0) is 11.6. The summed E-state index contributed by atoms with van der Waals surface area (Å²) in [7, 11) is 0. The van der Waals surface area contributed by atoms with Crippen LogP contribution in [0.3, 0.4) is 0 Å². The van der Waals surface area contributed by atoms with E-state index >= 15 is 0 Å². The van der Waals surface area contributed by atoms with Gasteiger partial charge in [0.1, 0.15) is 5.78 Å². The monoisotopic (exact) mass is 208 g/mol. The molecule has 0 fully saturated rings. The van der Waals surface area contributed by atoms with Gasteiger partial charge in [0.15, 0.2) is 0 Å². The third-order valence-electron chi connectivity index (χ3n) is 2.41. The summed E-state index contributed by atoms with van der Waals surface area (Å²) < 4.78 is 0. The molecular formula is C10H12N2O3. The van der Waals surface area contributed by atoms with Crippen LogP contribution in [0.25, 0.3) is 0 Å². The number of carbonyl (C=O) groups excluding carboxylic acids is 1. The molecule has 0 aromatic carbocycles. The lowest BCUT2D eigenvalue weighted by Crippen LogP contribution is -2.10. The second-order valence-corrected chi connectivity index (χ2v) is 3.42. The molecule has 0 amide bonds. The minimum Gasteiger partial charge on any atom is -0.299 e. The van der Waals surface area contributed by atoms with Gasteiger partial charge in [-0.25, -0.2) is 0 Å². The first-order valence-electron chi connectivity index (χ1n) is 4.55. The fraction of sp³-hybridized carbons (Fsp3) is 0.400. The van der Waals surface area contributed by atoms with Crippen LogP contribution in [-0.2, 0) is 4.79 Å². The summed E-state index contributed by atoms with van der Waals surface area (Å²) in [6.07, 6.45) is 1.38. The molecule has 0 radical (unpaired) electrons. The van der Waals surface area contributed by atoms with Gasteiger partial charge < -0.3 is 0 Å². The third kappa shape index (κ3) is 2.18. The molecule has 1 atom stereocenters. The van der Waals surface area contributed by atoms with Crippen LogP contribution in [0.1, 0.15) is 31.0 Å². The topological polar surface area (TPSA) is 73.1 Å². The number of nitro groups is 1. The first-order chi connectivity index (χ1) is 6.95. The van der Waals surface area contributed by atoms with Crippen molar-refractivity contribution >= 4 is 11.5 Å². The maximum absolute atomic E-state index is 11.2. The molecule has 1 unspecified atom stereocenters. The summed E-state index contributed by atoms with van der Waals surface area (Å²) in [4.78, 5) is 25.5. The Labute approximate surface area is 87.3 Å². The fourth-order valence-corrected chi connectivity index (χ4v) is 1.46. The average Bonchev–Trinajstić information content (AvgIpc) is 2.16. The van der Waals surface area contributed by atoms with Gasteiger partial charge in [-0.05, 0) is 13.8 Å². The summed E-state index contributed by atoms with van der Waals surface area (Å²) in [5, 5.41) is 10.8. The Morgan fingerprint density at radius 2 is 2.20 bits per heavy atom. The van der Waals surface area contributed by atoms with Gasteiger partial charge in [0.2, 0.25) is 0 Å². The SMILES string of the molecule is CC(=O)C(C)c1c([N+](=O)[O-])ccnc1C. The lowest BCUT2D eigenvalue weighted by molar-refractivity contribution is -0.385. The van der Waals surface area contributed by atoms with Gasteiger partial charge in [-0.2, -0.15) is 0 Å². The van der Waals surface area contributed by atoms with E-state index in [0.717, 1.165) is 0 Å². The second-order valence-electron chi connectivity index (χ2n) is 3.42. The number of hydrogen-bond donors (Lipinski definition) is 0. The predicted molar refractivity (Wildman–Crippen MR) is 54.7 cm³/mol. The van der Waals surface area contributed by atoms with Crippen molar-refractivity contribution in [2.45, 2.75) is 26.7 Å². The highest BCUT2D eigenvalue weighted by Gasteiger charge is 2.24. The number of carbonyl (C=O) groups is 1. The van der Waals surface area contributed by atoms with Crippen LogP contribution in [0.5, 0.6) is 0 Å². The van der Waals surface area contributed by atoms with Gasteiger partial charge in [0.05, 0.1) is 10.5 Å². The minimum atomic E-state index is -0.487. The summed E-state index contributed by atoms with van der Waals surface area (Å²) in [5.41, 5.74) is 0.909. The van der Waals surface area contributed by atoms with Gasteiger partial charge in [-0.3, -0.25) is 19.9 Å². The van der Waals surface area contributed by atoms with Crippen LogP contribution < -0.4 is 0 Å². The van der Waals surface area contributed by atoms with Gasteiger partial charge >= 0.3 is 0 Å². The first kappa shape index (κ1) is 11.3. The average molecular weight is 208 g/mol. The van der Waals surface area contributed by atoms with Crippen LogP contribution in [0, 0.1) is 17.0 Å². The highest BCUT2D eigenvalue weighted by atomic mass is 16.6. The first-order valence-corrected chi connectivity index (χ1v) is 4.55. The van der Waals surface area contributed by atoms with Crippen molar-refractivity contribution < 1.29 is 9.72 Å². The zero-order valence-corrected chi connectivity index (χ0v) is 8.85. The number of nitrogens with zero attached hydrogens (tertiary/aromatic N) is 2. The molecule has 5 nitrogen and oxygen atoms in total. The van der Waals surface area contributed by atoms with E-state index in [4.69, 9.17) is 0 Å². The Balaban J connectivity index is 3.37. The maximum atomic E-state index is 11.2. The molecule has 0 N–H and O–H groups in total. The highest BCUT2D eigenvalue weighted by Crippen LogP contribution is 2.28. The molecule has 0 saturated carbocycles. The van der Waals surface area contributed by atoms with Crippen molar-refractivity contribution in [3.63, 3.8) is 0 Å². The summed E-state index contributed by atoms with van der Waals surface area (Å²) in [6.45, 7) is 4.74. The molecule has 15 heavy (non-hydrogen) atoms. The molecular weight excluding hydrogens is 196 g/mol. The van der Waals surface area contributed by atoms with Crippen LogP contribution in [-0.4, -0.2) is 15.7 Å². The van der Waals surface area contributed by atoms with Gasteiger partial charge in [0.25, 0.3) is 5.69 Å². The van der Waals surface area contributed by atoms with E-state index in [1.54, 1.807) is 13.8 Å². The van der Waals surface area contributed by atoms with Gasteiger partial charge in [-0.1, -0.05) is 6.92 Å². The van der Waals surface area contributed by atoms with Crippen LogP contribution >= 0.6 is 0 Å². The van der Waals surface area contributed by atoms with E-state index in [1.807, 2.05) is 0 Å². The number of ketones is 1. The number of rotatable bonds is 3. The van der Waals surface area contributed by atoms with Crippen molar-refractivity contribution in [2.24, 2.45) is 0 Å². The second kappa shape index (κ2) is 4.16. The maximum Gasteiger partial charge on any atom is 0.276 e. The Bertz CT molecular complexity index is 415. The Morgan fingerprint density at radius 1 is 1.60 bits per heavy atom. The van der Waals surface area contributed by atoms with E-state index in [0.29, 0.717) is 11.3 Å². The van der Waals surface area contributed by atoms with E-state index in [1.165, 1.54) is 19.2 Å². The summed E-state index contributed by atoms with van der Waals surface area (Å²) >= 11 is 0. The van der Waals surface area contributed by atoms with Crippen LogP contribution in [0.2, 0.25) is 0 Å². The molecule has 0 aliphatic rings. The molecule has 1 aromatic heterocycles. The molecule has 0 spiro atoms. The number of aryl methyl sites for hydroxylation is 1. The molecule has 0 bridgehead atoms. The molecule has 5 heteroatoms. The van der Waals surface area contributed by atoms with Crippen LogP contribution in [0.4, 0.5) is 5.69 Å². The normalized spacial score (nSPS) is 12.2. The fourth-order valence-electron chi connectivity index (χ4n) is 1.46. The molecule has 1 rings (SSSR count). The molecule has 0 saturated heterocycles. The van der Waals surface area contributed by atoms with E-state index in [-0.39, 0.29) is 11.5 Å². The van der Waals surface area contributed by atoms with Crippen LogP contribution in [0.15, 0.2) is 12.3 Å². The van der Waals surface area contributed by atoms with Gasteiger partial charge in [-0.15, -0.1) is 0 Å². The third-order valence-corrected chi connectivity index (χ3v) is 2.41. The smallest absolute Gasteiger partial charge is 0.276 e. The molecule has 80 valence electrons. The lowest BCUT2D eigenvalue weighted by atomic mass is 9.95. The quantitative estimate of drug-likeness (QED) is 0.562. The number of aromatic nitrogens is 1. The van der Waals surface area contributed by atoms with E-state index in [2.05, 4.69) is 4.98 Å². The Hall–Kier alpha value is -1.78. The number of Topliss-reactive ketones (excluding diaryl/α,β-unsaturated/α-hetero) is 1. The zero-order valence-electron chi connectivity index (χ0n) is 8.85. The molecule has 1 heterocycles. The molecule has 0 aliphatic heterocycles.